The van der Waals surface area contributed by atoms with Crippen LogP contribution in [-0.4, -0.2) is 26.0 Å². The molecule has 0 fully saturated rings. The zero-order chi connectivity index (χ0) is 13.2. The van der Waals surface area contributed by atoms with Gasteiger partial charge in [0.15, 0.2) is 6.29 Å². The summed E-state index contributed by atoms with van der Waals surface area (Å²) in [5.74, 6) is 0. The SMILES string of the molecule is CCOC(CCNc1ccc(CC)cc1)OCC. The van der Waals surface area contributed by atoms with E-state index in [-0.39, 0.29) is 6.29 Å². The average molecular weight is 251 g/mol. The lowest BCUT2D eigenvalue weighted by atomic mass is 10.1. The predicted octanol–water partition coefficient (Wildman–Crippen LogP) is 3.45. The molecule has 0 aliphatic carbocycles. The van der Waals surface area contributed by atoms with Crippen molar-refractivity contribution in [1.82, 2.24) is 0 Å². The Morgan fingerprint density at radius 1 is 1.00 bits per heavy atom. The molecule has 0 amide bonds. The zero-order valence-corrected chi connectivity index (χ0v) is 11.7. The third-order valence-corrected chi connectivity index (χ3v) is 2.78. The van der Waals surface area contributed by atoms with Gasteiger partial charge in [0.2, 0.25) is 0 Å². The molecule has 0 saturated heterocycles. The van der Waals surface area contributed by atoms with Gasteiger partial charge in [-0.05, 0) is 38.0 Å². The van der Waals surface area contributed by atoms with Crippen LogP contribution in [0.5, 0.6) is 0 Å². The minimum absolute atomic E-state index is 0.0950. The van der Waals surface area contributed by atoms with E-state index in [1.54, 1.807) is 0 Å². The molecule has 3 heteroatoms. The summed E-state index contributed by atoms with van der Waals surface area (Å²) in [6, 6.07) is 8.56. The molecular formula is C15H25NO2. The van der Waals surface area contributed by atoms with Crippen LogP contribution in [0.1, 0.15) is 32.8 Å². The van der Waals surface area contributed by atoms with Gasteiger partial charge < -0.3 is 14.8 Å². The number of rotatable bonds is 9. The second-order valence-electron chi connectivity index (χ2n) is 4.11. The molecule has 0 spiro atoms. The van der Waals surface area contributed by atoms with E-state index in [0.717, 1.165) is 25.1 Å². The first-order valence-corrected chi connectivity index (χ1v) is 6.86. The fourth-order valence-electron chi connectivity index (χ4n) is 1.78. The Morgan fingerprint density at radius 2 is 1.61 bits per heavy atom. The minimum atomic E-state index is -0.0950. The number of aryl methyl sites for hydroxylation is 1. The van der Waals surface area contributed by atoms with Crippen LogP contribution in [0, 0.1) is 0 Å². The van der Waals surface area contributed by atoms with Crippen LogP contribution in [0.15, 0.2) is 24.3 Å². The fraction of sp³-hybridized carbons (Fsp3) is 0.600. The van der Waals surface area contributed by atoms with Crippen molar-refractivity contribution in [2.75, 3.05) is 25.1 Å². The van der Waals surface area contributed by atoms with Crippen molar-refractivity contribution in [3.63, 3.8) is 0 Å². The maximum atomic E-state index is 5.49. The first kappa shape index (κ1) is 15.0. The first-order chi connectivity index (χ1) is 8.80. The molecule has 0 saturated carbocycles. The van der Waals surface area contributed by atoms with Crippen LogP contribution in [0.4, 0.5) is 5.69 Å². The summed E-state index contributed by atoms with van der Waals surface area (Å²) in [4.78, 5) is 0. The fourth-order valence-corrected chi connectivity index (χ4v) is 1.78. The molecule has 0 radical (unpaired) electrons. The Hall–Kier alpha value is -1.06. The number of hydrogen-bond acceptors (Lipinski definition) is 3. The van der Waals surface area contributed by atoms with Crippen LogP contribution < -0.4 is 5.32 Å². The topological polar surface area (TPSA) is 30.5 Å². The second kappa shape index (κ2) is 8.95. The van der Waals surface area contributed by atoms with Crippen molar-refractivity contribution < 1.29 is 9.47 Å². The Bertz CT molecular complexity index is 305. The van der Waals surface area contributed by atoms with Gasteiger partial charge in [-0.1, -0.05) is 19.1 Å². The molecule has 0 aliphatic heterocycles. The highest BCUT2D eigenvalue weighted by atomic mass is 16.7. The van der Waals surface area contributed by atoms with Crippen molar-refractivity contribution in [2.24, 2.45) is 0 Å². The molecule has 1 rings (SSSR count). The van der Waals surface area contributed by atoms with Crippen LogP contribution in [-0.2, 0) is 15.9 Å². The van der Waals surface area contributed by atoms with E-state index in [4.69, 9.17) is 9.47 Å². The Morgan fingerprint density at radius 3 is 2.11 bits per heavy atom. The Balaban J connectivity index is 2.30. The monoisotopic (exact) mass is 251 g/mol. The van der Waals surface area contributed by atoms with Crippen LogP contribution in [0.25, 0.3) is 0 Å². The summed E-state index contributed by atoms with van der Waals surface area (Å²) >= 11 is 0. The van der Waals surface area contributed by atoms with Gasteiger partial charge in [-0.3, -0.25) is 0 Å². The molecule has 0 aliphatic rings. The number of hydrogen-bond donors (Lipinski definition) is 1. The van der Waals surface area contributed by atoms with E-state index in [0.29, 0.717) is 13.2 Å². The summed E-state index contributed by atoms with van der Waals surface area (Å²) in [7, 11) is 0. The molecule has 102 valence electrons. The zero-order valence-electron chi connectivity index (χ0n) is 11.7. The summed E-state index contributed by atoms with van der Waals surface area (Å²) in [5.41, 5.74) is 2.51. The molecule has 1 N–H and O–H groups in total. The summed E-state index contributed by atoms with van der Waals surface area (Å²) in [6.07, 6.45) is 1.84. The maximum absolute atomic E-state index is 5.49. The van der Waals surface area contributed by atoms with Crippen molar-refractivity contribution in [2.45, 2.75) is 39.9 Å². The average Bonchev–Trinajstić information content (AvgIpc) is 2.40. The van der Waals surface area contributed by atoms with E-state index in [2.05, 4.69) is 36.5 Å². The van der Waals surface area contributed by atoms with Gasteiger partial charge in [0, 0.05) is 31.9 Å². The van der Waals surface area contributed by atoms with Gasteiger partial charge in [-0.15, -0.1) is 0 Å². The van der Waals surface area contributed by atoms with Gasteiger partial charge in [0.25, 0.3) is 0 Å². The minimum Gasteiger partial charge on any atom is -0.385 e. The normalized spacial score (nSPS) is 10.9. The van der Waals surface area contributed by atoms with E-state index in [1.165, 1.54) is 5.56 Å². The summed E-state index contributed by atoms with van der Waals surface area (Å²) < 4.78 is 11.0. The Kier molecular flexibility index (Phi) is 7.46. The maximum Gasteiger partial charge on any atom is 0.159 e. The molecule has 18 heavy (non-hydrogen) atoms. The molecule has 1 aromatic carbocycles. The summed E-state index contributed by atoms with van der Waals surface area (Å²) in [6.45, 7) is 8.38. The van der Waals surface area contributed by atoms with E-state index < -0.39 is 0 Å². The van der Waals surface area contributed by atoms with Crippen molar-refractivity contribution in [3.8, 4) is 0 Å². The van der Waals surface area contributed by atoms with Crippen molar-refractivity contribution in [3.05, 3.63) is 29.8 Å². The van der Waals surface area contributed by atoms with Gasteiger partial charge in [-0.25, -0.2) is 0 Å². The summed E-state index contributed by atoms with van der Waals surface area (Å²) in [5, 5.41) is 3.38. The van der Waals surface area contributed by atoms with Crippen LogP contribution in [0.2, 0.25) is 0 Å². The predicted molar refractivity (Wildman–Crippen MR) is 76.0 cm³/mol. The lowest BCUT2D eigenvalue weighted by molar-refractivity contribution is -0.137. The molecule has 1 aromatic rings. The highest BCUT2D eigenvalue weighted by Crippen LogP contribution is 2.10. The van der Waals surface area contributed by atoms with Gasteiger partial charge in [0.1, 0.15) is 0 Å². The number of ether oxygens (including phenoxy) is 2. The van der Waals surface area contributed by atoms with Crippen molar-refractivity contribution >= 4 is 5.69 Å². The highest BCUT2D eigenvalue weighted by molar-refractivity contribution is 5.44. The quantitative estimate of drug-likeness (QED) is 0.682. The van der Waals surface area contributed by atoms with E-state index in [1.807, 2.05) is 13.8 Å². The molecular weight excluding hydrogens is 226 g/mol. The Labute approximate surface area is 110 Å². The third-order valence-electron chi connectivity index (χ3n) is 2.78. The number of nitrogens with one attached hydrogen (secondary N) is 1. The smallest absolute Gasteiger partial charge is 0.159 e. The van der Waals surface area contributed by atoms with Crippen molar-refractivity contribution in [1.29, 1.82) is 0 Å². The number of benzene rings is 1. The molecule has 3 nitrogen and oxygen atoms in total. The van der Waals surface area contributed by atoms with E-state index in [9.17, 15) is 0 Å². The second-order valence-corrected chi connectivity index (χ2v) is 4.11. The van der Waals surface area contributed by atoms with Crippen LogP contribution >= 0.6 is 0 Å². The van der Waals surface area contributed by atoms with Gasteiger partial charge >= 0.3 is 0 Å². The van der Waals surface area contributed by atoms with Crippen LogP contribution in [0.3, 0.4) is 0 Å². The van der Waals surface area contributed by atoms with Gasteiger partial charge in [0.05, 0.1) is 0 Å². The lowest BCUT2D eigenvalue weighted by Gasteiger charge is -2.17. The molecule has 0 unspecified atom stereocenters. The molecule has 0 bridgehead atoms. The van der Waals surface area contributed by atoms with Gasteiger partial charge in [-0.2, -0.15) is 0 Å². The molecule has 0 atom stereocenters. The largest absolute Gasteiger partial charge is 0.385 e. The molecule has 0 aromatic heterocycles. The standard InChI is InChI=1S/C15H25NO2/c1-4-13-7-9-14(10-8-13)16-12-11-15(17-5-2)18-6-3/h7-10,15-16H,4-6,11-12H2,1-3H3. The third kappa shape index (κ3) is 5.52. The highest BCUT2D eigenvalue weighted by Gasteiger charge is 2.06. The lowest BCUT2D eigenvalue weighted by Crippen LogP contribution is -2.21. The number of anilines is 1. The first-order valence-electron chi connectivity index (χ1n) is 6.86. The molecule has 0 heterocycles. The van der Waals surface area contributed by atoms with E-state index >= 15 is 0 Å².